The fourth-order valence-corrected chi connectivity index (χ4v) is 2.90. The van der Waals surface area contributed by atoms with Crippen molar-refractivity contribution < 1.29 is 4.74 Å². The lowest BCUT2D eigenvalue weighted by Crippen LogP contribution is -2.03. The van der Waals surface area contributed by atoms with Gasteiger partial charge in [0.2, 0.25) is 0 Å². The zero-order valence-corrected chi connectivity index (χ0v) is 15.4. The van der Waals surface area contributed by atoms with Crippen LogP contribution in [0.1, 0.15) is 55.8 Å². The third kappa shape index (κ3) is 4.73. The quantitative estimate of drug-likeness (QED) is 0.675. The van der Waals surface area contributed by atoms with Crippen LogP contribution in [0.15, 0.2) is 24.3 Å². The Morgan fingerprint density at radius 2 is 1.76 bits per heavy atom. The molecule has 0 aliphatic carbocycles. The molecule has 0 fully saturated rings. The second-order valence-electron chi connectivity index (χ2n) is 6.36. The molecule has 2 aromatic rings. The van der Waals surface area contributed by atoms with Gasteiger partial charge in [0.1, 0.15) is 23.2 Å². The Bertz CT molecular complexity index is 745. The Morgan fingerprint density at radius 1 is 1.08 bits per heavy atom. The molecule has 132 valence electrons. The van der Waals surface area contributed by atoms with E-state index in [0.717, 1.165) is 41.2 Å². The van der Waals surface area contributed by atoms with Crippen LogP contribution in [-0.4, -0.2) is 11.6 Å². The molecule has 4 nitrogen and oxygen atoms in total. The summed E-state index contributed by atoms with van der Waals surface area (Å²) in [6, 6.07) is 10.1. The van der Waals surface area contributed by atoms with Gasteiger partial charge < -0.3 is 10.5 Å². The molecule has 0 saturated heterocycles. The van der Waals surface area contributed by atoms with Crippen LogP contribution in [0.5, 0.6) is 5.75 Å². The van der Waals surface area contributed by atoms with E-state index in [4.69, 9.17) is 10.5 Å². The highest BCUT2D eigenvalue weighted by molar-refractivity contribution is 5.79. The lowest BCUT2D eigenvalue weighted by molar-refractivity contribution is 0.304. The first kappa shape index (κ1) is 18.8. The van der Waals surface area contributed by atoms with Crippen molar-refractivity contribution in [3.05, 3.63) is 41.1 Å². The minimum absolute atomic E-state index is 0.285. The molecule has 2 N–H and O–H groups in total. The van der Waals surface area contributed by atoms with Crippen LogP contribution in [-0.2, 0) is 0 Å². The SMILES string of the molecule is CCCCCCCOc1ccc(-c2c(C)c(C)nc(N)c2C#N)cc1. The largest absolute Gasteiger partial charge is 0.494 e. The van der Waals surface area contributed by atoms with E-state index in [9.17, 15) is 5.26 Å². The summed E-state index contributed by atoms with van der Waals surface area (Å²) in [6.07, 6.45) is 6.12. The van der Waals surface area contributed by atoms with Crippen molar-refractivity contribution in [3.8, 4) is 22.9 Å². The van der Waals surface area contributed by atoms with Crippen LogP contribution < -0.4 is 10.5 Å². The molecule has 0 unspecified atom stereocenters. The minimum Gasteiger partial charge on any atom is -0.494 e. The molecule has 25 heavy (non-hydrogen) atoms. The molecule has 0 radical (unpaired) electrons. The van der Waals surface area contributed by atoms with Crippen molar-refractivity contribution in [1.82, 2.24) is 4.98 Å². The Hall–Kier alpha value is -2.54. The second-order valence-corrected chi connectivity index (χ2v) is 6.36. The molecule has 0 atom stereocenters. The van der Waals surface area contributed by atoms with Gasteiger partial charge in [-0.3, -0.25) is 0 Å². The van der Waals surface area contributed by atoms with Gasteiger partial charge in [-0.2, -0.15) is 5.26 Å². The van der Waals surface area contributed by atoms with Crippen LogP contribution >= 0.6 is 0 Å². The van der Waals surface area contributed by atoms with Crippen molar-refractivity contribution in [1.29, 1.82) is 5.26 Å². The summed E-state index contributed by atoms with van der Waals surface area (Å²) in [6.45, 7) is 6.84. The Labute approximate surface area is 150 Å². The van der Waals surface area contributed by atoms with Crippen molar-refractivity contribution in [3.63, 3.8) is 0 Å². The van der Waals surface area contributed by atoms with Gasteiger partial charge in [0.25, 0.3) is 0 Å². The second kappa shape index (κ2) is 9.08. The smallest absolute Gasteiger partial charge is 0.142 e. The van der Waals surface area contributed by atoms with Gasteiger partial charge in [0, 0.05) is 11.3 Å². The Balaban J connectivity index is 2.09. The molecule has 0 saturated carbocycles. The molecule has 0 spiro atoms. The molecule has 1 aromatic heterocycles. The summed E-state index contributed by atoms with van der Waals surface area (Å²) >= 11 is 0. The first-order valence-corrected chi connectivity index (χ1v) is 8.98. The standard InChI is InChI=1S/C21H27N3O/c1-4-5-6-7-8-13-25-18-11-9-17(10-12-18)20-15(2)16(3)24-21(23)19(20)14-22/h9-12H,4-8,13H2,1-3H3,(H2,23,24). The Kier molecular flexibility index (Phi) is 6.82. The highest BCUT2D eigenvalue weighted by atomic mass is 16.5. The molecule has 0 aliphatic heterocycles. The lowest BCUT2D eigenvalue weighted by atomic mass is 9.95. The predicted molar refractivity (Wildman–Crippen MR) is 103 cm³/mol. The first-order chi connectivity index (χ1) is 12.1. The topological polar surface area (TPSA) is 71.9 Å². The van der Waals surface area contributed by atoms with E-state index in [1.54, 1.807) is 0 Å². The molecular weight excluding hydrogens is 310 g/mol. The first-order valence-electron chi connectivity index (χ1n) is 8.98. The number of hydrogen-bond acceptors (Lipinski definition) is 4. The summed E-state index contributed by atoms with van der Waals surface area (Å²) in [4.78, 5) is 4.25. The van der Waals surface area contributed by atoms with E-state index in [2.05, 4.69) is 18.0 Å². The number of rotatable bonds is 8. The average molecular weight is 337 g/mol. The zero-order valence-electron chi connectivity index (χ0n) is 15.4. The van der Waals surface area contributed by atoms with Gasteiger partial charge in [-0.15, -0.1) is 0 Å². The molecule has 1 heterocycles. The van der Waals surface area contributed by atoms with Crippen molar-refractivity contribution in [2.45, 2.75) is 52.9 Å². The van der Waals surface area contributed by atoms with E-state index in [1.165, 1.54) is 25.7 Å². The van der Waals surface area contributed by atoms with Crippen molar-refractivity contribution >= 4 is 5.82 Å². The summed E-state index contributed by atoms with van der Waals surface area (Å²) in [5.41, 5.74) is 10.0. The molecule has 2 rings (SSSR count). The molecule has 0 amide bonds. The number of aryl methyl sites for hydroxylation is 1. The van der Waals surface area contributed by atoms with Crippen LogP contribution in [0.4, 0.5) is 5.82 Å². The number of unbranched alkanes of at least 4 members (excludes halogenated alkanes) is 4. The van der Waals surface area contributed by atoms with Crippen LogP contribution in [0.25, 0.3) is 11.1 Å². The van der Waals surface area contributed by atoms with Gasteiger partial charge in [-0.05, 0) is 43.5 Å². The molecule has 0 bridgehead atoms. The maximum Gasteiger partial charge on any atom is 0.142 e. The van der Waals surface area contributed by atoms with Crippen molar-refractivity contribution in [2.75, 3.05) is 12.3 Å². The maximum atomic E-state index is 9.44. The molecule has 0 aliphatic rings. The predicted octanol–water partition coefficient (Wildman–Crippen LogP) is 5.17. The van der Waals surface area contributed by atoms with Gasteiger partial charge >= 0.3 is 0 Å². The van der Waals surface area contributed by atoms with E-state index in [1.807, 2.05) is 38.1 Å². The number of anilines is 1. The number of benzene rings is 1. The van der Waals surface area contributed by atoms with Crippen molar-refractivity contribution in [2.24, 2.45) is 0 Å². The number of nitrogens with two attached hydrogens (primary N) is 1. The average Bonchev–Trinajstić information content (AvgIpc) is 2.61. The maximum absolute atomic E-state index is 9.44. The van der Waals surface area contributed by atoms with E-state index in [0.29, 0.717) is 5.56 Å². The third-order valence-corrected chi connectivity index (χ3v) is 4.48. The summed E-state index contributed by atoms with van der Waals surface area (Å²) < 4.78 is 5.81. The van der Waals surface area contributed by atoms with Gasteiger partial charge in [0.15, 0.2) is 0 Å². The normalized spacial score (nSPS) is 10.5. The minimum atomic E-state index is 0.285. The molecular formula is C21H27N3O. The van der Waals surface area contributed by atoms with Gasteiger partial charge in [0.05, 0.1) is 6.61 Å². The fraction of sp³-hybridized carbons (Fsp3) is 0.429. The van der Waals surface area contributed by atoms with E-state index >= 15 is 0 Å². The third-order valence-electron chi connectivity index (χ3n) is 4.48. The number of ether oxygens (including phenoxy) is 1. The number of nitriles is 1. The zero-order chi connectivity index (χ0) is 18.2. The summed E-state index contributed by atoms with van der Waals surface area (Å²) in [7, 11) is 0. The summed E-state index contributed by atoms with van der Waals surface area (Å²) in [5, 5.41) is 9.44. The van der Waals surface area contributed by atoms with Crippen LogP contribution in [0.2, 0.25) is 0 Å². The van der Waals surface area contributed by atoms with Crippen LogP contribution in [0, 0.1) is 25.2 Å². The van der Waals surface area contributed by atoms with Gasteiger partial charge in [-0.25, -0.2) is 4.98 Å². The highest BCUT2D eigenvalue weighted by Gasteiger charge is 2.15. The number of nitrogen functional groups attached to an aromatic ring is 1. The Morgan fingerprint density at radius 3 is 2.40 bits per heavy atom. The number of pyridine rings is 1. The highest BCUT2D eigenvalue weighted by Crippen LogP contribution is 2.32. The summed E-state index contributed by atoms with van der Waals surface area (Å²) in [5.74, 6) is 1.14. The van der Waals surface area contributed by atoms with E-state index in [-0.39, 0.29) is 5.82 Å². The van der Waals surface area contributed by atoms with Gasteiger partial charge in [-0.1, -0.05) is 44.7 Å². The number of nitrogens with zero attached hydrogens (tertiary/aromatic N) is 2. The monoisotopic (exact) mass is 337 g/mol. The fourth-order valence-electron chi connectivity index (χ4n) is 2.90. The van der Waals surface area contributed by atoms with Crippen LogP contribution in [0.3, 0.4) is 0 Å². The molecule has 4 heteroatoms. The van der Waals surface area contributed by atoms with E-state index < -0.39 is 0 Å². The lowest BCUT2D eigenvalue weighted by Gasteiger charge is -2.13. The molecule has 1 aromatic carbocycles. The number of hydrogen-bond donors (Lipinski definition) is 1. The number of aromatic nitrogens is 1.